The zero-order valence-corrected chi connectivity index (χ0v) is 11.1. The maximum absolute atomic E-state index is 6.01. The predicted molar refractivity (Wildman–Crippen MR) is 71.4 cm³/mol. The minimum Gasteiger partial charge on any atom is -0.371 e. The molecule has 0 bridgehead atoms. The van der Waals surface area contributed by atoms with E-state index in [4.69, 9.17) is 11.6 Å². The molecule has 0 aliphatic carbocycles. The summed E-state index contributed by atoms with van der Waals surface area (Å²) in [5.41, 5.74) is 1.22. The molecule has 2 rings (SSSR count). The Hall–Kier alpha value is 0.130. The molecule has 0 amide bonds. The van der Waals surface area contributed by atoms with Gasteiger partial charge in [-0.2, -0.15) is 0 Å². The molecule has 4 heteroatoms. The average Bonchev–Trinajstić information content (AvgIpc) is 2.68. The van der Waals surface area contributed by atoms with Crippen LogP contribution in [-0.2, 0) is 4.87 Å². The molecule has 1 heterocycles. The Labute approximate surface area is 106 Å². The number of rotatable bonds is 2. The van der Waals surface area contributed by atoms with Gasteiger partial charge in [0.15, 0.2) is 0 Å². The molecule has 1 unspecified atom stereocenters. The Morgan fingerprint density at radius 3 is 2.57 bits per heavy atom. The molecule has 0 aromatic heterocycles. The second-order valence-corrected chi connectivity index (χ2v) is 5.75. The van der Waals surface area contributed by atoms with E-state index < -0.39 is 0 Å². The van der Waals surface area contributed by atoms with Gasteiger partial charge in [0.25, 0.3) is 0 Å². The summed E-state index contributed by atoms with van der Waals surface area (Å²) in [6.07, 6.45) is 1.95. The van der Waals surface area contributed by atoms with Gasteiger partial charge in [-0.25, -0.2) is 0 Å². The first-order valence-corrected chi connectivity index (χ1v) is 6.69. The first kappa shape index (κ1) is 10.6. The van der Waals surface area contributed by atoms with Crippen molar-refractivity contribution in [2.24, 2.45) is 0 Å². The van der Waals surface area contributed by atoms with Crippen LogP contribution in [0.25, 0.3) is 0 Å². The number of nitrogens with one attached hydrogen (secondary N) is 1. The van der Waals surface area contributed by atoms with Crippen LogP contribution >= 0.6 is 46.0 Å². The first-order chi connectivity index (χ1) is 6.77. The lowest BCUT2D eigenvalue weighted by Crippen LogP contribution is -2.34. The minimum absolute atomic E-state index is 0.161. The van der Waals surface area contributed by atoms with Crippen LogP contribution < -0.4 is 5.32 Å². The van der Waals surface area contributed by atoms with Crippen LogP contribution in [0, 0.1) is 3.57 Å². The topological polar surface area (TPSA) is 12.0 Å². The van der Waals surface area contributed by atoms with Crippen molar-refractivity contribution >= 4 is 46.0 Å². The Morgan fingerprint density at radius 2 is 2.07 bits per heavy atom. The van der Waals surface area contributed by atoms with Crippen LogP contribution in [-0.4, -0.2) is 5.88 Å². The van der Waals surface area contributed by atoms with E-state index in [2.05, 4.69) is 52.2 Å². The van der Waals surface area contributed by atoms with E-state index in [1.54, 1.807) is 11.8 Å². The van der Waals surface area contributed by atoms with Gasteiger partial charge in [-0.3, -0.25) is 0 Å². The number of hydrogen-bond donors (Lipinski definition) is 1. The Bertz CT molecular complexity index is 342. The van der Waals surface area contributed by atoms with Crippen molar-refractivity contribution in [2.75, 3.05) is 5.88 Å². The zero-order valence-electron chi connectivity index (χ0n) is 7.34. The lowest BCUT2D eigenvalue weighted by Gasteiger charge is -2.27. The second-order valence-electron chi connectivity index (χ2n) is 3.03. The van der Waals surface area contributed by atoms with E-state index in [0.29, 0.717) is 5.88 Å². The molecule has 0 radical (unpaired) electrons. The van der Waals surface area contributed by atoms with Crippen LogP contribution in [0.1, 0.15) is 5.56 Å². The van der Waals surface area contributed by atoms with E-state index in [0.717, 1.165) is 0 Å². The lowest BCUT2D eigenvalue weighted by molar-refractivity contribution is 0.638. The minimum atomic E-state index is -0.161. The second kappa shape index (κ2) is 4.33. The molecular formula is C10H9ClINS. The summed E-state index contributed by atoms with van der Waals surface area (Å²) in [5.74, 6) is 0.561. The summed E-state index contributed by atoms with van der Waals surface area (Å²) >= 11 is 10.0. The molecule has 74 valence electrons. The highest BCUT2D eigenvalue weighted by molar-refractivity contribution is 14.1. The molecule has 1 aliphatic rings. The fourth-order valence-corrected chi connectivity index (χ4v) is 2.99. The molecule has 0 saturated carbocycles. The largest absolute Gasteiger partial charge is 0.371 e. The molecule has 1 aliphatic heterocycles. The van der Waals surface area contributed by atoms with Gasteiger partial charge in [0.2, 0.25) is 0 Å². The smallest absolute Gasteiger partial charge is 0.126 e. The van der Waals surface area contributed by atoms with Crippen LogP contribution in [0.15, 0.2) is 35.9 Å². The fraction of sp³-hybridized carbons (Fsp3) is 0.200. The Kier molecular flexibility index (Phi) is 3.29. The Morgan fingerprint density at radius 1 is 1.36 bits per heavy atom. The molecule has 1 atom stereocenters. The van der Waals surface area contributed by atoms with E-state index in [-0.39, 0.29) is 4.87 Å². The van der Waals surface area contributed by atoms with Gasteiger partial charge in [0, 0.05) is 9.77 Å². The van der Waals surface area contributed by atoms with Gasteiger partial charge in [0.1, 0.15) is 4.87 Å². The van der Waals surface area contributed by atoms with Gasteiger partial charge in [0.05, 0.1) is 5.88 Å². The van der Waals surface area contributed by atoms with Crippen LogP contribution in [0.5, 0.6) is 0 Å². The molecule has 1 nitrogen and oxygen atoms in total. The van der Waals surface area contributed by atoms with Crippen molar-refractivity contribution in [2.45, 2.75) is 4.87 Å². The van der Waals surface area contributed by atoms with Gasteiger partial charge < -0.3 is 5.32 Å². The molecule has 1 aromatic carbocycles. The third-order valence-electron chi connectivity index (χ3n) is 2.15. The standard InChI is InChI=1S/C10H9ClINS/c11-7-10(13-5-6-14-10)8-1-3-9(12)4-2-8/h1-6,13H,7H2. The van der Waals surface area contributed by atoms with Crippen molar-refractivity contribution in [1.29, 1.82) is 0 Å². The average molecular weight is 338 g/mol. The van der Waals surface area contributed by atoms with Crippen LogP contribution in [0.2, 0.25) is 0 Å². The van der Waals surface area contributed by atoms with Crippen LogP contribution in [0.3, 0.4) is 0 Å². The quantitative estimate of drug-likeness (QED) is 0.655. The first-order valence-electron chi connectivity index (χ1n) is 4.19. The number of hydrogen-bond acceptors (Lipinski definition) is 2. The van der Waals surface area contributed by atoms with E-state index in [1.165, 1.54) is 9.13 Å². The Balaban J connectivity index is 2.32. The van der Waals surface area contributed by atoms with Gasteiger partial charge in [-0.15, -0.1) is 11.6 Å². The summed E-state index contributed by atoms with van der Waals surface area (Å²) in [6, 6.07) is 8.45. The van der Waals surface area contributed by atoms with Crippen molar-refractivity contribution in [3.05, 3.63) is 45.0 Å². The van der Waals surface area contributed by atoms with Crippen molar-refractivity contribution in [3.8, 4) is 0 Å². The maximum Gasteiger partial charge on any atom is 0.126 e. The summed E-state index contributed by atoms with van der Waals surface area (Å²) in [7, 11) is 0. The van der Waals surface area contributed by atoms with Gasteiger partial charge >= 0.3 is 0 Å². The monoisotopic (exact) mass is 337 g/mol. The molecule has 1 aromatic rings. The fourth-order valence-electron chi connectivity index (χ4n) is 1.37. The van der Waals surface area contributed by atoms with E-state index >= 15 is 0 Å². The zero-order chi connectivity index (χ0) is 10.0. The highest BCUT2D eigenvalue weighted by Gasteiger charge is 2.32. The molecule has 0 fully saturated rings. The molecular weight excluding hydrogens is 329 g/mol. The van der Waals surface area contributed by atoms with Gasteiger partial charge in [-0.05, 0) is 45.7 Å². The number of thioether (sulfide) groups is 1. The van der Waals surface area contributed by atoms with Crippen LogP contribution in [0.4, 0.5) is 0 Å². The number of halogens is 2. The van der Waals surface area contributed by atoms with Crippen molar-refractivity contribution in [3.63, 3.8) is 0 Å². The van der Waals surface area contributed by atoms with Gasteiger partial charge in [-0.1, -0.05) is 23.9 Å². The highest BCUT2D eigenvalue weighted by Crippen LogP contribution is 2.39. The molecule has 1 N–H and O–H groups in total. The summed E-state index contributed by atoms with van der Waals surface area (Å²) in [5, 5.41) is 5.35. The molecule has 14 heavy (non-hydrogen) atoms. The number of benzene rings is 1. The highest BCUT2D eigenvalue weighted by atomic mass is 127. The summed E-state index contributed by atoms with van der Waals surface area (Å²) < 4.78 is 1.24. The molecule has 0 spiro atoms. The van der Waals surface area contributed by atoms with Crippen molar-refractivity contribution < 1.29 is 0 Å². The van der Waals surface area contributed by atoms with Crippen molar-refractivity contribution in [1.82, 2.24) is 5.32 Å². The third-order valence-corrected chi connectivity index (χ3v) is 4.60. The summed E-state index contributed by atoms with van der Waals surface area (Å²) in [4.78, 5) is -0.161. The normalized spacial score (nSPS) is 25.0. The van der Waals surface area contributed by atoms with E-state index in [1.807, 2.05) is 11.6 Å². The number of alkyl halides is 1. The predicted octanol–water partition coefficient (Wildman–Crippen LogP) is 3.49. The third kappa shape index (κ3) is 1.90. The summed E-state index contributed by atoms with van der Waals surface area (Å²) in [6.45, 7) is 0. The molecule has 0 saturated heterocycles. The van der Waals surface area contributed by atoms with E-state index in [9.17, 15) is 0 Å². The SMILES string of the molecule is ClCC1(c2ccc(I)cc2)NC=CS1. The maximum atomic E-state index is 6.01. The lowest BCUT2D eigenvalue weighted by atomic mass is 10.1.